The van der Waals surface area contributed by atoms with Gasteiger partial charge in [-0.2, -0.15) is 10.1 Å². The number of likely N-dealkylation sites (tertiary alicyclic amines) is 1. The average molecular weight is 590 g/mol. The fourth-order valence-electron chi connectivity index (χ4n) is 4.53. The van der Waals surface area contributed by atoms with Crippen LogP contribution in [0.1, 0.15) is 45.1 Å². The van der Waals surface area contributed by atoms with Gasteiger partial charge in [-0.1, -0.05) is 43.7 Å². The summed E-state index contributed by atoms with van der Waals surface area (Å²) < 4.78 is 7.76. The summed E-state index contributed by atoms with van der Waals surface area (Å²) in [6.45, 7) is 5.19. The lowest BCUT2D eigenvalue weighted by Gasteiger charge is -2.31. The number of carboxylic acid groups (broad SMARTS) is 1. The highest BCUT2D eigenvalue weighted by Crippen LogP contribution is 2.35. The van der Waals surface area contributed by atoms with Crippen LogP contribution in [0, 0.1) is 5.92 Å². The zero-order valence-electron chi connectivity index (χ0n) is 23.7. The molecule has 0 aliphatic carbocycles. The van der Waals surface area contributed by atoms with Crippen LogP contribution in [0.4, 0.5) is 0 Å². The third-order valence-corrected chi connectivity index (χ3v) is 7.75. The monoisotopic (exact) mass is 589 g/mol. The number of rotatable bonds is 8. The predicted octanol–water partition coefficient (Wildman–Crippen LogP) is 4.98. The van der Waals surface area contributed by atoms with E-state index in [-0.39, 0.29) is 17.7 Å². The third kappa shape index (κ3) is 8.10. The van der Waals surface area contributed by atoms with E-state index in [4.69, 9.17) is 25.5 Å². The SMILES string of the molecule is CC(=O)O.CCCCOc1cccc(-c2nn(-c3ccccc3)cc2/C=C2\SC(N3CCC(C(N)=O)CC3)=NC2=O)c1. The lowest BCUT2D eigenvalue weighted by molar-refractivity contribution is -0.134. The smallest absolute Gasteiger partial charge is 0.300 e. The van der Waals surface area contributed by atoms with Crippen LogP contribution in [0.2, 0.25) is 0 Å². The van der Waals surface area contributed by atoms with Crippen LogP contribution in [0.5, 0.6) is 5.75 Å². The zero-order valence-corrected chi connectivity index (χ0v) is 24.5. The Morgan fingerprint density at radius 3 is 2.52 bits per heavy atom. The molecule has 2 aliphatic rings. The van der Waals surface area contributed by atoms with Crippen LogP contribution >= 0.6 is 11.8 Å². The van der Waals surface area contributed by atoms with E-state index in [1.54, 1.807) is 0 Å². The molecule has 0 spiro atoms. The van der Waals surface area contributed by atoms with Crippen LogP contribution < -0.4 is 10.5 Å². The number of aliphatic carboxylic acids is 1. The van der Waals surface area contributed by atoms with Crippen LogP contribution in [0.3, 0.4) is 0 Å². The Hall–Kier alpha value is -4.38. The van der Waals surface area contributed by atoms with Crippen molar-refractivity contribution in [3.63, 3.8) is 0 Å². The summed E-state index contributed by atoms with van der Waals surface area (Å²) in [7, 11) is 0. The van der Waals surface area contributed by atoms with Crippen molar-refractivity contribution in [2.75, 3.05) is 19.7 Å². The maximum atomic E-state index is 12.9. The molecule has 0 bridgehead atoms. The van der Waals surface area contributed by atoms with Crippen LogP contribution in [0.25, 0.3) is 23.0 Å². The molecule has 42 heavy (non-hydrogen) atoms. The number of para-hydroxylation sites is 1. The van der Waals surface area contributed by atoms with E-state index in [0.717, 1.165) is 48.0 Å². The summed E-state index contributed by atoms with van der Waals surface area (Å²) >= 11 is 1.37. The summed E-state index contributed by atoms with van der Waals surface area (Å²) in [6.07, 6.45) is 7.21. The van der Waals surface area contributed by atoms with Gasteiger partial charge in [0.15, 0.2) is 5.17 Å². The van der Waals surface area contributed by atoms with Gasteiger partial charge in [0.1, 0.15) is 11.4 Å². The van der Waals surface area contributed by atoms with E-state index in [2.05, 4.69) is 16.8 Å². The largest absolute Gasteiger partial charge is 0.494 e. The van der Waals surface area contributed by atoms with E-state index in [9.17, 15) is 9.59 Å². The standard InChI is InChI=1S/C29H31N5O3S.C2H4O2/c1-2-3-16-37-24-11-7-8-21(17-24)26-22(19-34(32-26)23-9-5-4-6-10-23)18-25-28(36)31-29(38-25)33-14-12-20(13-15-33)27(30)35;1-2(3)4/h4-11,17-20H,2-3,12-16H2,1H3,(H2,30,35);1H3,(H,3,4)/b25-18-;. The molecular weight excluding hydrogens is 554 g/mol. The van der Waals surface area contributed by atoms with Gasteiger partial charge in [-0.25, -0.2) is 4.68 Å². The lowest BCUT2D eigenvalue weighted by atomic mass is 9.97. The topological polar surface area (TPSA) is 140 Å². The molecule has 220 valence electrons. The predicted molar refractivity (Wildman–Crippen MR) is 164 cm³/mol. The second-order valence-electron chi connectivity index (χ2n) is 9.94. The minimum absolute atomic E-state index is 0.114. The minimum atomic E-state index is -0.833. The molecule has 0 atom stereocenters. The number of carboxylic acids is 1. The highest BCUT2D eigenvalue weighted by Gasteiger charge is 2.31. The number of thioether (sulfide) groups is 1. The number of amidine groups is 1. The normalized spacial score (nSPS) is 16.1. The highest BCUT2D eigenvalue weighted by atomic mass is 32.2. The van der Waals surface area contributed by atoms with Gasteiger partial charge in [-0.05, 0) is 61.4 Å². The van der Waals surface area contributed by atoms with E-state index in [1.807, 2.05) is 71.6 Å². The number of ether oxygens (including phenoxy) is 1. The number of amides is 2. The van der Waals surface area contributed by atoms with Gasteiger partial charge in [-0.3, -0.25) is 14.4 Å². The maximum Gasteiger partial charge on any atom is 0.300 e. The molecule has 0 saturated carbocycles. The second-order valence-corrected chi connectivity index (χ2v) is 10.9. The van der Waals surface area contributed by atoms with Gasteiger partial charge in [0, 0.05) is 43.3 Å². The molecule has 1 fully saturated rings. The van der Waals surface area contributed by atoms with Crippen molar-refractivity contribution in [3.05, 3.63) is 71.3 Å². The fraction of sp³-hybridized carbons (Fsp3) is 0.323. The molecule has 0 unspecified atom stereocenters. The Bertz CT molecular complexity index is 1470. The third-order valence-electron chi connectivity index (χ3n) is 6.70. The number of carbonyl (C=O) groups excluding carboxylic acids is 2. The number of nitrogens with zero attached hydrogens (tertiary/aromatic N) is 4. The Labute approximate surface area is 249 Å². The van der Waals surface area contributed by atoms with Gasteiger partial charge < -0.3 is 20.5 Å². The summed E-state index contributed by atoms with van der Waals surface area (Å²) in [6, 6.07) is 17.8. The molecule has 3 N–H and O–H groups in total. The average Bonchev–Trinajstić information content (AvgIpc) is 3.57. The quantitative estimate of drug-likeness (QED) is 0.277. The van der Waals surface area contributed by atoms with Crippen molar-refractivity contribution in [2.45, 2.75) is 39.5 Å². The number of benzene rings is 2. The highest BCUT2D eigenvalue weighted by molar-refractivity contribution is 8.18. The molecule has 3 heterocycles. The molecule has 0 radical (unpaired) electrons. The number of unbranched alkanes of at least 4 members (excludes halogenated alkanes) is 1. The molecule has 2 aliphatic heterocycles. The van der Waals surface area contributed by atoms with E-state index in [1.165, 1.54) is 11.8 Å². The Kier molecular flexibility index (Phi) is 10.6. The summed E-state index contributed by atoms with van der Waals surface area (Å²) in [5, 5.41) is 13.0. The molecule has 1 aromatic heterocycles. The van der Waals surface area contributed by atoms with E-state index >= 15 is 0 Å². The summed E-state index contributed by atoms with van der Waals surface area (Å²) in [4.78, 5) is 40.3. The number of nitrogens with two attached hydrogens (primary N) is 1. The number of aliphatic imine (C=N–C) groups is 1. The zero-order chi connectivity index (χ0) is 30.1. The van der Waals surface area contributed by atoms with Gasteiger partial charge in [0.25, 0.3) is 11.9 Å². The molecule has 10 nitrogen and oxygen atoms in total. The summed E-state index contributed by atoms with van der Waals surface area (Å²) in [5.41, 5.74) is 8.88. The molecule has 5 rings (SSSR count). The van der Waals surface area contributed by atoms with Gasteiger partial charge in [0.2, 0.25) is 5.91 Å². The van der Waals surface area contributed by atoms with Crippen LogP contribution in [-0.4, -0.2) is 62.4 Å². The molecule has 3 aromatic rings. The van der Waals surface area contributed by atoms with Crippen molar-refractivity contribution in [2.24, 2.45) is 16.6 Å². The first-order valence-corrected chi connectivity index (χ1v) is 14.7. The number of carbonyl (C=O) groups is 3. The van der Waals surface area contributed by atoms with Gasteiger partial charge in [0.05, 0.1) is 17.2 Å². The van der Waals surface area contributed by atoms with Crippen molar-refractivity contribution in [1.82, 2.24) is 14.7 Å². The maximum absolute atomic E-state index is 12.9. The minimum Gasteiger partial charge on any atom is -0.494 e. The molecular formula is C31H35N5O5S. The molecule has 2 aromatic carbocycles. The molecule has 11 heteroatoms. The van der Waals surface area contributed by atoms with Crippen molar-refractivity contribution in [3.8, 4) is 22.7 Å². The van der Waals surface area contributed by atoms with Gasteiger partial charge in [-0.15, -0.1) is 0 Å². The van der Waals surface area contributed by atoms with Crippen LogP contribution in [0.15, 0.2) is 70.7 Å². The number of piperidine rings is 1. The van der Waals surface area contributed by atoms with Crippen LogP contribution in [-0.2, 0) is 14.4 Å². The van der Waals surface area contributed by atoms with Gasteiger partial charge >= 0.3 is 0 Å². The number of primary amides is 1. The van der Waals surface area contributed by atoms with E-state index < -0.39 is 5.97 Å². The first kappa shape index (κ1) is 30.6. The number of aromatic nitrogens is 2. The van der Waals surface area contributed by atoms with Crippen molar-refractivity contribution < 1.29 is 24.2 Å². The van der Waals surface area contributed by atoms with Crippen molar-refractivity contribution in [1.29, 1.82) is 0 Å². The Morgan fingerprint density at radius 2 is 1.86 bits per heavy atom. The molecule has 2 amide bonds. The first-order valence-electron chi connectivity index (χ1n) is 13.9. The summed E-state index contributed by atoms with van der Waals surface area (Å²) in [5.74, 6) is -0.681. The second kappa shape index (κ2) is 14.5. The Balaban J connectivity index is 0.000000952. The van der Waals surface area contributed by atoms with Crippen molar-refractivity contribution >= 4 is 40.8 Å². The fourth-order valence-corrected chi connectivity index (χ4v) is 5.48. The number of hydrogen-bond acceptors (Lipinski definition) is 7. The van der Waals surface area contributed by atoms with E-state index in [0.29, 0.717) is 42.6 Å². The number of hydrogen-bond donors (Lipinski definition) is 2. The lowest BCUT2D eigenvalue weighted by Crippen LogP contribution is -2.40. The Morgan fingerprint density at radius 1 is 1.14 bits per heavy atom. The molecule has 1 saturated heterocycles. The first-order chi connectivity index (χ1) is 20.2.